The Morgan fingerprint density at radius 3 is 2.24 bits per heavy atom. The molecule has 4 rings (SSSR count). The third kappa shape index (κ3) is 6.24. The molecule has 0 spiro atoms. The van der Waals surface area contributed by atoms with Gasteiger partial charge in [-0.2, -0.15) is 0 Å². The summed E-state index contributed by atoms with van der Waals surface area (Å²) in [5, 5.41) is 10.5. The Hall–Kier alpha value is -3.62. The number of carbonyl (C=O) groups is 2. The molecule has 4 N–H and O–H groups in total. The van der Waals surface area contributed by atoms with Crippen LogP contribution in [0, 0.1) is 5.82 Å². The fraction of sp³-hybridized carbons (Fsp3) is 0.200. The van der Waals surface area contributed by atoms with Crippen LogP contribution in [0.5, 0.6) is 0 Å². The number of benzene rings is 3. The fourth-order valence-corrected chi connectivity index (χ4v) is 3.81. The molecule has 1 fully saturated rings. The molecule has 1 atom stereocenters. The number of anilines is 3. The van der Waals surface area contributed by atoms with Crippen LogP contribution in [0.3, 0.4) is 0 Å². The molecule has 7 nitrogen and oxygen atoms in total. The van der Waals surface area contributed by atoms with E-state index in [2.05, 4.69) is 21.4 Å². The average molecular weight is 482 g/mol. The second-order valence-electron chi connectivity index (χ2n) is 7.94. The lowest BCUT2D eigenvalue weighted by molar-refractivity contribution is -0.118. The summed E-state index contributed by atoms with van der Waals surface area (Å²) in [4.78, 5) is 25.7. The van der Waals surface area contributed by atoms with E-state index in [1.54, 1.807) is 60.7 Å². The van der Waals surface area contributed by atoms with E-state index in [4.69, 9.17) is 11.6 Å². The van der Waals surface area contributed by atoms with Gasteiger partial charge in [0.25, 0.3) is 5.91 Å². The van der Waals surface area contributed by atoms with Gasteiger partial charge in [-0.15, -0.1) is 0 Å². The zero-order chi connectivity index (χ0) is 23.9. The summed E-state index contributed by atoms with van der Waals surface area (Å²) in [7, 11) is 0. The lowest BCUT2D eigenvalue weighted by Crippen LogP contribution is -2.39. The molecular formula is C25H25ClFN5O2. The monoisotopic (exact) mass is 481 g/mol. The highest BCUT2D eigenvalue weighted by Crippen LogP contribution is 2.23. The number of hydrogen-bond donors (Lipinski definition) is 4. The molecule has 1 heterocycles. The van der Waals surface area contributed by atoms with E-state index in [0.717, 1.165) is 25.9 Å². The van der Waals surface area contributed by atoms with Crippen molar-refractivity contribution >= 4 is 40.6 Å². The summed E-state index contributed by atoms with van der Waals surface area (Å²) in [6, 6.07) is 18.2. The molecule has 1 aliphatic rings. The highest BCUT2D eigenvalue weighted by molar-refractivity contribution is 6.30. The zero-order valence-electron chi connectivity index (χ0n) is 18.4. The number of carbonyl (C=O) groups excluding carboxylic acids is 2. The molecule has 1 aliphatic heterocycles. The van der Waals surface area contributed by atoms with Crippen molar-refractivity contribution in [3.63, 3.8) is 0 Å². The van der Waals surface area contributed by atoms with Crippen molar-refractivity contribution in [3.8, 4) is 0 Å². The van der Waals surface area contributed by atoms with E-state index in [0.29, 0.717) is 22.0 Å². The van der Waals surface area contributed by atoms with Gasteiger partial charge in [-0.3, -0.25) is 4.79 Å². The highest BCUT2D eigenvalue weighted by atomic mass is 35.5. The van der Waals surface area contributed by atoms with Gasteiger partial charge in [0.1, 0.15) is 11.9 Å². The van der Waals surface area contributed by atoms with Crippen molar-refractivity contribution in [1.82, 2.24) is 10.3 Å². The van der Waals surface area contributed by atoms with Gasteiger partial charge in [0, 0.05) is 29.9 Å². The van der Waals surface area contributed by atoms with Crippen molar-refractivity contribution in [1.29, 1.82) is 0 Å². The largest absolute Gasteiger partial charge is 0.322 e. The van der Waals surface area contributed by atoms with Gasteiger partial charge in [0.05, 0.1) is 11.4 Å². The molecule has 9 heteroatoms. The maximum atomic E-state index is 14.7. The highest BCUT2D eigenvalue weighted by Gasteiger charge is 2.24. The second-order valence-corrected chi connectivity index (χ2v) is 8.38. The molecular weight excluding hydrogens is 457 g/mol. The number of urea groups is 1. The molecule has 0 saturated carbocycles. The average Bonchev–Trinajstić information content (AvgIpc) is 3.34. The Labute approximate surface area is 202 Å². The van der Waals surface area contributed by atoms with Crippen LogP contribution in [-0.2, 0) is 4.79 Å². The van der Waals surface area contributed by atoms with E-state index < -0.39 is 23.8 Å². The van der Waals surface area contributed by atoms with Crippen molar-refractivity contribution in [2.45, 2.75) is 18.9 Å². The van der Waals surface area contributed by atoms with Gasteiger partial charge in [-0.1, -0.05) is 41.9 Å². The third-order valence-corrected chi connectivity index (χ3v) is 5.64. The van der Waals surface area contributed by atoms with E-state index in [1.165, 1.54) is 12.1 Å². The lowest BCUT2D eigenvalue weighted by atomic mass is 10.1. The summed E-state index contributed by atoms with van der Waals surface area (Å²) in [6.45, 7) is 1.81. The summed E-state index contributed by atoms with van der Waals surface area (Å²) in [5.41, 5.74) is 4.87. The van der Waals surface area contributed by atoms with Crippen LogP contribution in [0.4, 0.5) is 26.2 Å². The minimum atomic E-state index is -1.05. The summed E-state index contributed by atoms with van der Waals surface area (Å²) in [6.07, 6.45) is 2.20. The van der Waals surface area contributed by atoms with Gasteiger partial charge >= 0.3 is 6.03 Å². The van der Waals surface area contributed by atoms with Gasteiger partial charge in [-0.25, -0.2) is 14.2 Å². The second kappa shape index (κ2) is 11.0. The predicted octanol–water partition coefficient (Wildman–Crippen LogP) is 5.40. The predicted molar refractivity (Wildman–Crippen MR) is 132 cm³/mol. The van der Waals surface area contributed by atoms with Crippen LogP contribution in [0.25, 0.3) is 0 Å². The fourth-order valence-electron chi connectivity index (χ4n) is 3.68. The number of amides is 3. The number of halogens is 2. The van der Waals surface area contributed by atoms with Crippen molar-refractivity contribution in [2.75, 3.05) is 29.1 Å². The van der Waals surface area contributed by atoms with E-state index in [1.807, 2.05) is 5.01 Å². The van der Waals surface area contributed by atoms with Crippen LogP contribution in [-0.4, -0.2) is 30.0 Å². The SMILES string of the molecule is O=C(Nc1ccc(Cl)cc1)NC(C(=O)Nc1ccc(NN2CCCC2)cc1F)c1ccccc1. The van der Waals surface area contributed by atoms with Crippen LogP contribution in [0.1, 0.15) is 24.4 Å². The van der Waals surface area contributed by atoms with Crippen LogP contribution >= 0.6 is 11.6 Å². The van der Waals surface area contributed by atoms with Crippen LogP contribution in [0.2, 0.25) is 5.02 Å². The van der Waals surface area contributed by atoms with Gasteiger partial charge < -0.3 is 21.4 Å². The minimum Gasteiger partial charge on any atom is -0.322 e. The molecule has 1 unspecified atom stereocenters. The molecule has 3 aromatic rings. The molecule has 3 amide bonds. The smallest absolute Gasteiger partial charge is 0.320 e. The molecule has 34 heavy (non-hydrogen) atoms. The Morgan fingerprint density at radius 2 is 1.56 bits per heavy atom. The Morgan fingerprint density at radius 1 is 0.882 bits per heavy atom. The first-order chi connectivity index (χ1) is 16.5. The Kier molecular flexibility index (Phi) is 7.61. The molecule has 176 valence electrons. The summed E-state index contributed by atoms with van der Waals surface area (Å²) < 4.78 is 14.7. The van der Waals surface area contributed by atoms with Gasteiger partial charge in [-0.05, 0) is 54.8 Å². The number of hydrogen-bond acceptors (Lipinski definition) is 4. The van der Waals surface area contributed by atoms with Crippen LogP contribution in [0.15, 0.2) is 72.8 Å². The quantitative estimate of drug-likeness (QED) is 0.364. The van der Waals surface area contributed by atoms with E-state index in [9.17, 15) is 14.0 Å². The maximum Gasteiger partial charge on any atom is 0.320 e. The van der Waals surface area contributed by atoms with Gasteiger partial charge in [0.2, 0.25) is 0 Å². The van der Waals surface area contributed by atoms with Crippen molar-refractivity contribution in [2.24, 2.45) is 0 Å². The summed E-state index contributed by atoms with van der Waals surface area (Å²) in [5.74, 6) is -1.15. The first-order valence-electron chi connectivity index (χ1n) is 11.0. The van der Waals surface area contributed by atoms with Crippen LogP contribution < -0.4 is 21.4 Å². The number of nitrogens with zero attached hydrogens (tertiary/aromatic N) is 1. The lowest BCUT2D eigenvalue weighted by Gasteiger charge is -2.20. The minimum absolute atomic E-state index is 0.0258. The normalized spacial score (nSPS) is 14.3. The molecule has 3 aromatic carbocycles. The van der Waals surface area contributed by atoms with Gasteiger partial charge in [0.15, 0.2) is 0 Å². The maximum absolute atomic E-state index is 14.7. The molecule has 1 saturated heterocycles. The first-order valence-corrected chi connectivity index (χ1v) is 11.4. The molecule has 0 aromatic heterocycles. The third-order valence-electron chi connectivity index (χ3n) is 5.39. The number of rotatable bonds is 7. The number of hydrazine groups is 1. The van der Waals surface area contributed by atoms with Crippen molar-refractivity contribution < 1.29 is 14.0 Å². The molecule has 0 radical (unpaired) electrons. The molecule has 0 bridgehead atoms. The van der Waals surface area contributed by atoms with Crippen molar-refractivity contribution in [3.05, 3.63) is 89.2 Å². The van der Waals surface area contributed by atoms with E-state index in [-0.39, 0.29) is 5.69 Å². The Bertz CT molecular complexity index is 1140. The van der Waals surface area contributed by atoms with E-state index >= 15 is 0 Å². The standard InChI is InChI=1S/C25H25ClFN5O2/c26-18-8-10-19(11-9-18)28-25(34)30-23(17-6-2-1-3-7-17)24(33)29-22-13-12-20(16-21(22)27)31-32-14-4-5-15-32/h1-3,6-13,16,23,31H,4-5,14-15H2,(H,29,33)(H2,28,30,34). The first kappa shape index (κ1) is 23.5. The topological polar surface area (TPSA) is 85.5 Å². The molecule has 0 aliphatic carbocycles. The Balaban J connectivity index is 1.46. The summed E-state index contributed by atoms with van der Waals surface area (Å²) >= 11 is 5.88. The number of nitrogens with one attached hydrogen (secondary N) is 4. The zero-order valence-corrected chi connectivity index (χ0v) is 19.1.